The molecule has 1 nitrogen and oxygen atoms in total. The van der Waals surface area contributed by atoms with Gasteiger partial charge in [0.05, 0.1) is 6.07 Å². The maximum atomic E-state index is 8.68. The minimum Gasteiger partial charge on any atom is -0.198 e. The van der Waals surface area contributed by atoms with E-state index < -0.39 is 0 Å². The molecule has 0 heterocycles. The van der Waals surface area contributed by atoms with Gasteiger partial charge in [0.2, 0.25) is 0 Å². The lowest BCUT2D eigenvalue weighted by atomic mass is 9.70. The molecule has 1 heteroatoms. The first-order chi connectivity index (χ1) is 7.40. The first-order valence-corrected chi connectivity index (χ1v) is 6.77. The molecule has 2 saturated carbocycles. The molecule has 2 aliphatic rings. The maximum Gasteiger partial charge on any atom is 0.0624 e. The Bertz CT molecular complexity index is 214. The van der Waals surface area contributed by atoms with Gasteiger partial charge in [0.25, 0.3) is 0 Å². The van der Waals surface area contributed by atoms with E-state index in [0.29, 0.717) is 0 Å². The van der Waals surface area contributed by atoms with E-state index in [2.05, 4.69) is 6.07 Å². The van der Waals surface area contributed by atoms with Crippen LogP contribution in [0.1, 0.15) is 64.2 Å². The second-order valence-electron chi connectivity index (χ2n) is 5.54. The molecule has 0 saturated heterocycles. The number of hydrogen-bond acceptors (Lipinski definition) is 1. The molecule has 0 amide bonds. The summed E-state index contributed by atoms with van der Waals surface area (Å²) in [5.74, 6) is 2.79. The summed E-state index contributed by atoms with van der Waals surface area (Å²) >= 11 is 0. The number of nitrogens with zero attached hydrogens (tertiary/aromatic N) is 1. The van der Waals surface area contributed by atoms with Crippen LogP contribution in [0.15, 0.2) is 0 Å². The highest BCUT2D eigenvalue weighted by Gasteiger charge is 2.28. The van der Waals surface area contributed by atoms with Gasteiger partial charge in [0.15, 0.2) is 0 Å². The standard InChI is InChI=1S/C14H23N/c15-11-10-12-6-8-14(9-7-12)13-4-2-1-3-5-13/h12-14H,1-10H2. The van der Waals surface area contributed by atoms with Crippen molar-refractivity contribution in [1.82, 2.24) is 0 Å². The minimum atomic E-state index is 0.731. The summed E-state index contributed by atoms with van der Waals surface area (Å²) in [5, 5.41) is 8.68. The lowest BCUT2D eigenvalue weighted by molar-refractivity contribution is 0.168. The van der Waals surface area contributed by atoms with Crippen molar-refractivity contribution in [3.63, 3.8) is 0 Å². The van der Waals surface area contributed by atoms with Gasteiger partial charge in [-0.15, -0.1) is 0 Å². The van der Waals surface area contributed by atoms with Gasteiger partial charge in [-0.2, -0.15) is 5.26 Å². The molecule has 2 rings (SSSR count). The molecule has 0 atom stereocenters. The van der Waals surface area contributed by atoms with Crippen LogP contribution in [-0.2, 0) is 0 Å². The molecule has 84 valence electrons. The SMILES string of the molecule is N#CCC1CCC(C2CCCCC2)CC1. The van der Waals surface area contributed by atoms with Gasteiger partial charge in [-0.1, -0.05) is 32.1 Å². The van der Waals surface area contributed by atoms with Crippen LogP contribution in [0.2, 0.25) is 0 Å². The van der Waals surface area contributed by atoms with Gasteiger partial charge in [-0.25, -0.2) is 0 Å². The Morgan fingerprint density at radius 1 is 0.800 bits per heavy atom. The summed E-state index contributed by atoms with van der Waals surface area (Å²) in [6, 6.07) is 2.33. The maximum absolute atomic E-state index is 8.68. The van der Waals surface area contributed by atoms with Gasteiger partial charge in [-0.05, 0) is 43.4 Å². The fourth-order valence-corrected chi connectivity index (χ4v) is 3.60. The highest BCUT2D eigenvalue weighted by atomic mass is 14.3. The topological polar surface area (TPSA) is 23.8 Å². The molecule has 0 spiro atoms. The first-order valence-electron chi connectivity index (χ1n) is 6.77. The summed E-state index contributed by atoms with van der Waals surface area (Å²) in [6.07, 6.45) is 13.7. The smallest absolute Gasteiger partial charge is 0.0624 e. The third-order valence-electron chi connectivity index (χ3n) is 4.59. The van der Waals surface area contributed by atoms with E-state index in [9.17, 15) is 0 Å². The highest BCUT2D eigenvalue weighted by Crippen LogP contribution is 2.40. The van der Waals surface area contributed by atoms with Crippen molar-refractivity contribution in [2.75, 3.05) is 0 Å². The summed E-state index contributed by atoms with van der Waals surface area (Å²) in [7, 11) is 0. The Labute approximate surface area is 93.9 Å². The molecular formula is C14H23N. The Morgan fingerprint density at radius 3 is 2.00 bits per heavy atom. The average Bonchev–Trinajstić information content (AvgIpc) is 2.32. The van der Waals surface area contributed by atoms with E-state index in [0.717, 1.165) is 24.2 Å². The molecule has 2 aliphatic carbocycles. The monoisotopic (exact) mass is 205 g/mol. The van der Waals surface area contributed by atoms with Crippen molar-refractivity contribution in [3.8, 4) is 6.07 Å². The molecule has 0 N–H and O–H groups in total. The van der Waals surface area contributed by atoms with Gasteiger partial charge in [0, 0.05) is 6.42 Å². The summed E-state index contributed by atoms with van der Waals surface area (Å²) in [4.78, 5) is 0. The van der Waals surface area contributed by atoms with Gasteiger partial charge >= 0.3 is 0 Å². The Hall–Kier alpha value is -0.510. The van der Waals surface area contributed by atoms with E-state index in [1.165, 1.54) is 57.8 Å². The predicted octanol–water partition coefficient (Wildman–Crippen LogP) is 4.29. The molecule has 0 radical (unpaired) electrons. The fourth-order valence-electron chi connectivity index (χ4n) is 3.60. The average molecular weight is 205 g/mol. The Kier molecular flexibility index (Phi) is 4.06. The molecule has 15 heavy (non-hydrogen) atoms. The number of rotatable bonds is 2. The zero-order valence-electron chi connectivity index (χ0n) is 9.75. The van der Waals surface area contributed by atoms with Crippen molar-refractivity contribution in [2.24, 2.45) is 17.8 Å². The van der Waals surface area contributed by atoms with Crippen LogP contribution < -0.4 is 0 Å². The number of hydrogen-bond donors (Lipinski definition) is 0. The van der Waals surface area contributed by atoms with Crippen molar-refractivity contribution in [3.05, 3.63) is 0 Å². The van der Waals surface area contributed by atoms with Crippen LogP contribution in [0.25, 0.3) is 0 Å². The van der Waals surface area contributed by atoms with Crippen LogP contribution >= 0.6 is 0 Å². The van der Waals surface area contributed by atoms with Gasteiger partial charge in [-0.3, -0.25) is 0 Å². The zero-order chi connectivity index (χ0) is 10.5. The lowest BCUT2D eigenvalue weighted by Crippen LogP contribution is -2.23. The highest BCUT2D eigenvalue weighted by molar-refractivity contribution is 4.83. The lowest BCUT2D eigenvalue weighted by Gasteiger charge is -2.35. The van der Waals surface area contributed by atoms with Crippen LogP contribution in [0.4, 0.5) is 0 Å². The van der Waals surface area contributed by atoms with E-state index in [-0.39, 0.29) is 0 Å². The van der Waals surface area contributed by atoms with Crippen molar-refractivity contribution in [2.45, 2.75) is 64.2 Å². The minimum absolute atomic E-state index is 0.731. The molecule has 2 fully saturated rings. The Morgan fingerprint density at radius 2 is 1.40 bits per heavy atom. The third kappa shape index (κ3) is 2.97. The second kappa shape index (κ2) is 5.54. The Balaban J connectivity index is 1.75. The summed E-state index contributed by atoms with van der Waals surface area (Å²) in [6.45, 7) is 0. The van der Waals surface area contributed by atoms with E-state index in [4.69, 9.17) is 5.26 Å². The molecule has 0 bridgehead atoms. The first kappa shape index (κ1) is 11.0. The number of nitriles is 1. The predicted molar refractivity (Wildman–Crippen MR) is 62.3 cm³/mol. The van der Waals surface area contributed by atoms with Crippen LogP contribution in [0.3, 0.4) is 0 Å². The third-order valence-corrected chi connectivity index (χ3v) is 4.59. The van der Waals surface area contributed by atoms with E-state index in [1.807, 2.05) is 0 Å². The van der Waals surface area contributed by atoms with Crippen LogP contribution in [0, 0.1) is 29.1 Å². The van der Waals surface area contributed by atoms with Gasteiger partial charge in [0.1, 0.15) is 0 Å². The normalized spacial score (nSPS) is 33.5. The quantitative estimate of drug-likeness (QED) is 0.660. The summed E-state index contributed by atoms with van der Waals surface area (Å²) < 4.78 is 0. The van der Waals surface area contributed by atoms with Gasteiger partial charge < -0.3 is 0 Å². The van der Waals surface area contributed by atoms with Crippen molar-refractivity contribution >= 4 is 0 Å². The van der Waals surface area contributed by atoms with Crippen molar-refractivity contribution < 1.29 is 0 Å². The summed E-state index contributed by atoms with van der Waals surface area (Å²) in [5.41, 5.74) is 0. The van der Waals surface area contributed by atoms with E-state index in [1.54, 1.807) is 0 Å². The van der Waals surface area contributed by atoms with Crippen LogP contribution in [0.5, 0.6) is 0 Å². The van der Waals surface area contributed by atoms with E-state index >= 15 is 0 Å². The molecular weight excluding hydrogens is 182 g/mol. The fraction of sp³-hybridized carbons (Fsp3) is 0.929. The molecule has 0 aromatic heterocycles. The van der Waals surface area contributed by atoms with Crippen LogP contribution in [-0.4, -0.2) is 0 Å². The largest absolute Gasteiger partial charge is 0.198 e. The second-order valence-corrected chi connectivity index (χ2v) is 5.54. The van der Waals surface area contributed by atoms with Crippen molar-refractivity contribution in [1.29, 1.82) is 5.26 Å². The molecule has 0 aromatic carbocycles. The molecule has 0 aromatic rings. The zero-order valence-corrected chi connectivity index (χ0v) is 9.75. The molecule has 0 unspecified atom stereocenters. The molecule has 0 aliphatic heterocycles.